The number of hydrogen-bond donors (Lipinski definition) is 1. The van der Waals surface area contributed by atoms with Crippen LogP contribution in [-0.2, 0) is 9.63 Å². The minimum absolute atomic E-state index is 0.170. The van der Waals surface area contributed by atoms with Crippen molar-refractivity contribution in [3.8, 4) is 0 Å². The molecule has 0 unspecified atom stereocenters. The van der Waals surface area contributed by atoms with Crippen LogP contribution >= 0.6 is 0 Å². The first-order chi connectivity index (χ1) is 11.0. The molecule has 1 N–H and O–H groups in total. The molecule has 1 saturated heterocycles. The predicted molar refractivity (Wildman–Crippen MR) is 103 cm³/mol. The molecule has 0 atom stereocenters. The Bertz CT molecular complexity index is 506. The lowest BCUT2D eigenvalue weighted by molar-refractivity contribution is -0.336. The smallest absolute Gasteiger partial charge is 0.330 e. The molecule has 0 amide bonds. The SMILES string of the molecule is CC(=CC1CC(C)(C)N(OC(C)(C)CC(C)(C)C)C(C)(C)C1)C(=O)O. The van der Waals surface area contributed by atoms with Gasteiger partial charge in [-0.1, -0.05) is 26.8 Å². The summed E-state index contributed by atoms with van der Waals surface area (Å²) in [6.45, 7) is 21.5. The van der Waals surface area contributed by atoms with Crippen LogP contribution in [0.4, 0.5) is 0 Å². The average Bonchev–Trinajstić information content (AvgIpc) is 2.29. The molecule has 0 aromatic carbocycles. The molecule has 146 valence electrons. The second kappa shape index (κ2) is 7.03. The van der Waals surface area contributed by atoms with E-state index in [1.54, 1.807) is 6.92 Å². The van der Waals surface area contributed by atoms with E-state index >= 15 is 0 Å². The third kappa shape index (κ3) is 6.41. The molecule has 1 heterocycles. The Morgan fingerprint density at radius 1 is 1.12 bits per heavy atom. The molecule has 0 aromatic heterocycles. The third-order valence-corrected chi connectivity index (χ3v) is 4.74. The zero-order valence-corrected chi connectivity index (χ0v) is 18.0. The Kier molecular flexibility index (Phi) is 6.24. The second-order valence-electron chi connectivity index (χ2n) is 10.8. The highest BCUT2D eigenvalue weighted by Crippen LogP contribution is 2.44. The van der Waals surface area contributed by atoms with E-state index in [2.05, 4.69) is 67.4 Å². The van der Waals surface area contributed by atoms with Gasteiger partial charge in [0, 0.05) is 16.7 Å². The first-order valence-corrected chi connectivity index (χ1v) is 9.36. The fourth-order valence-corrected chi connectivity index (χ4v) is 4.69. The highest BCUT2D eigenvalue weighted by molar-refractivity contribution is 5.85. The number of aliphatic carboxylic acids is 1. The maximum Gasteiger partial charge on any atom is 0.330 e. The van der Waals surface area contributed by atoms with E-state index in [4.69, 9.17) is 4.84 Å². The van der Waals surface area contributed by atoms with Gasteiger partial charge < -0.3 is 5.11 Å². The molecular formula is C21H39NO3. The first-order valence-electron chi connectivity index (χ1n) is 9.36. The third-order valence-electron chi connectivity index (χ3n) is 4.74. The molecule has 0 bridgehead atoms. The van der Waals surface area contributed by atoms with Crippen molar-refractivity contribution in [2.24, 2.45) is 11.3 Å². The van der Waals surface area contributed by atoms with Gasteiger partial charge in [0.25, 0.3) is 0 Å². The maximum absolute atomic E-state index is 11.2. The molecule has 1 rings (SSSR count). The van der Waals surface area contributed by atoms with Crippen molar-refractivity contribution in [2.75, 3.05) is 0 Å². The Hall–Kier alpha value is -0.870. The van der Waals surface area contributed by atoms with E-state index in [0.29, 0.717) is 5.57 Å². The van der Waals surface area contributed by atoms with Crippen LogP contribution in [-0.4, -0.2) is 32.8 Å². The van der Waals surface area contributed by atoms with Crippen LogP contribution in [0.15, 0.2) is 11.6 Å². The number of hydrogen-bond acceptors (Lipinski definition) is 3. The number of hydroxylamine groups is 2. The first kappa shape index (κ1) is 22.2. The van der Waals surface area contributed by atoms with Gasteiger partial charge in [-0.05, 0) is 79.1 Å². The quantitative estimate of drug-likeness (QED) is 0.669. The summed E-state index contributed by atoms with van der Waals surface area (Å²) in [6, 6.07) is 0. The Morgan fingerprint density at radius 3 is 1.92 bits per heavy atom. The minimum atomic E-state index is -0.833. The van der Waals surface area contributed by atoms with E-state index in [1.807, 2.05) is 6.08 Å². The van der Waals surface area contributed by atoms with Crippen molar-refractivity contribution in [3.63, 3.8) is 0 Å². The fourth-order valence-electron chi connectivity index (χ4n) is 4.69. The van der Waals surface area contributed by atoms with Crippen molar-refractivity contribution in [2.45, 2.75) is 105 Å². The van der Waals surface area contributed by atoms with Crippen LogP contribution in [0.1, 0.15) is 88.5 Å². The van der Waals surface area contributed by atoms with Crippen molar-refractivity contribution < 1.29 is 14.7 Å². The van der Waals surface area contributed by atoms with Gasteiger partial charge in [0.15, 0.2) is 0 Å². The minimum Gasteiger partial charge on any atom is -0.478 e. The van der Waals surface area contributed by atoms with Crippen molar-refractivity contribution in [3.05, 3.63) is 11.6 Å². The van der Waals surface area contributed by atoms with E-state index in [1.165, 1.54) is 0 Å². The van der Waals surface area contributed by atoms with Crippen LogP contribution in [0, 0.1) is 11.3 Å². The number of piperidine rings is 1. The summed E-state index contributed by atoms with van der Waals surface area (Å²) in [4.78, 5) is 17.8. The maximum atomic E-state index is 11.2. The Balaban J connectivity index is 3.04. The summed E-state index contributed by atoms with van der Waals surface area (Å²) in [6.07, 6.45) is 4.65. The van der Waals surface area contributed by atoms with Crippen LogP contribution in [0.5, 0.6) is 0 Å². The summed E-state index contributed by atoms with van der Waals surface area (Å²) in [5.41, 5.74) is 0.0245. The van der Waals surface area contributed by atoms with Crippen LogP contribution in [0.2, 0.25) is 0 Å². The molecule has 4 heteroatoms. The Morgan fingerprint density at radius 2 is 1.56 bits per heavy atom. The number of allylic oxidation sites excluding steroid dienone is 1. The highest BCUT2D eigenvalue weighted by Gasteiger charge is 2.48. The van der Waals surface area contributed by atoms with Gasteiger partial charge in [-0.25, -0.2) is 4.79 Å². The molecule has 0 saturated carbocycles. The standard InChI is InChI=1S/C21H39NO3/c1-15(17(23)24)11-16-12-19(5,6)22(20(7,8)13-16)25-21(9,10)14-18(2,3)4/h11,16H,12-14H2,1-10H3,(H,23,24). The van der Waals surface area contributed by atoms with Gasteiger partial charge in [-0.15, -0.1) is 0 Å². The lowest BCUT2D eigenvalue weighted by atomic mass is 9.74. The van der Waals surface area contributed by atoms with Gasteiger partial charge in [-0.3, -0.25) is 4.84 Å². The fraction of sp³-hybridized carbons (Fsp3) is 0.857. The topological polar surface area (TPSA) is 49.8 Å². The molecule has 0 radical (unpaired) electrons. The molecule has 0 aliphatic carbocycles. The highest BCUT2D eigenvalue weighted by atomic mass is 16.7. The summed E-state index contributed by atoms with van der Waals surface area (Å²) in [7, 11) is 0. The summed E-state index contributed by atoms with van der Waals surface area (Å²) in [5.74, 6) is -0.590. The number of carboxylic acids is 1. The zero-order valence-electron chi connectivity index (χ0n) is 18.0. The van der Waals surface area contributed by atoms with E-state index < -0.39 is 5.97 Å². The number of nitrogens with zero attached hydrogens (tertiary/aromatic N) is 1. The average molecular weight is 354 g/mol. The van der Waals surface area contributed by atoms with Gasteiger partial charge >= 0.3 is 5.97 Å². The van der Waals surface area contributed by atoms with Crippen LogP contribution < -0.4 is 0 Å². The van der Waals surface area contributed by atoms with E-state index in [0.717, 1.165) is 19.3 Å². The molecule has 1 aliphatic heterocycles. The molecular weight excluding hydrogens is 314 g/mol. The van der Waals surface area contributed by atoms with Gasteiger partial charge in [0.1, 0.15) is 0 Å². The number of carboxylic acid groups (broad SMARTS) is 1. The van der Waals surface area contributed by atoms with Crippen LogP contribution in [0.25, 0.3) is 0 Å². The van der Waals surface area contributed by atoms with Gasteiger partial charge in [-0.2, -0.15) is 5.06 Å². The van der Waals surface area contributed by atoms with Crippen molar-refractivity contribution in [1.29, 1.82) is 0 Å². The largest absolute Gasteiger partial charge is 0.478 e. The second-order valence-corrected chi connectivity index (χ2v) is 10.8. The Labute approximate surface area is 154 Å². The summed E-state index contributed by atoms with van der Waals surface area (Å²) < 4.78 is 0. The van der Waals surface area contributed by atoms with Crippen LogP contribution in [0.3, 0.4) is 0 Å². The predicted octanol–water partition coefficient (Wildman–Crippen LogP) is 5.43. The normalized spacial score (nSPS) is 22.9. The molecule has 0 aromatic rings. The summed E-state index contributed by atoms with van der Waals surface area (Å²) >= 11 is 0. The van der Waals surface area contributed by atoms with Crippen molar-refractivity contribution in [1.82, 2.24) is 5.06 Å². The van der Waals surface area contributed by atoms with Gasteiger partial charge in [0.05, 0.1) is 5.60 Å². The summed E-state index contributed by atoms with van der Waals surface area (Å²) in [5, 5.41) is 11.4. The lowest BCUT2D eigenvalue weighted by Crippen LogP contribution is -2.62. The zero-order chi connectivity index (χ0) is 19.8. The molecule has 4 nitrogen and oxygen atoms in total. The lowest BCUT2D eigenvalue weighted by Gasteiger charge is -2.56. The molecule has 1 fully saturated rings. The number of rotatable bonds is 5. The molecule has 1 aliphatic rings. The van der Waals surface area contributed by atoms with E-state index in [9.17, 15) is 9.90 Å². The van der Waals surface area contributed by atoms with E-state index in [-0.39, 0.29) is 28.0 Å². The molecule has 25 heavy (non-hydrogen) atoms. The molecule has 0 spiro atoms. The number of carbonyl (C=O) groups is 1. The van der Waals surface area contributed by atoms with Gasteiger partial charge in [0.2, 0.25) is 0 Å². The monoisotopic (exact) mass is 353 g/mol. The van der Waals surface area contributed by atoms with Crippen molar-refractivity contribution >= 4 is 5.97 Å².